The fourth-order valence-corrected chi connectivity index (χ4v) is 1.34. The monoisotopic (exact) mass is 249 g/mol. The molecule has 0 aromatic heterocycles. The molecule has 1 aromatic rings. The summed E-state index contributed by atoms with van der Waals surface area (Å²) in [4.78, 5) is 0. The summed E-state index contributed by atoms with van der Waals surface area (Å²) in [5.41, 5.74) is 0.701. The molecular weight excluding hydrogens is 235 g/mol. The maximum atomic E-state index is 11.9. The molecule has 1 N–H and O–H groups in total. The number of hydrogen-bond acceptors (Lipinski definition) is 3. The zero-order chi connectivity index (χ0) is 12.9. The van der Waals surface area contributed by atoms with Gasteiger partial charge in [-0.2, -0.15) is 13.2 Å². The van der Waals surface area contributed by atoms with Crippen LogP contribution >= 0.6 is 0 Å². The molecule has 0 bridgehead atoms. The highest BCUT2D eigenvalue weighted by Crippen LogP contribution is 2.27. The van der Waals surface area contributed by atoms with Crippen LogP contribution in [0.2, 0.25) is 0 Å². The molecule has 0 saturated heterocycles. The molecule has 1 aromatic carbocycles. The lowest BCUT2D eigenvalue weighted by Crippen LogP contribution is -2.28. The minimum Gasteiger partial charge on any atom is -0.493 e. The molecule has 0 saturated carbocycles. The second-order valence-corrected chi connectivity index (χ2v) is 3.41. The normalized spacial score (nSPS) is 11.4. The van der Waals surface area contributed by atoms with Gasteiger partial charge in [0, 0.05) is 6.54 Å². The van der Waals surface area contributed by atoms with Gasteiger partial charge in [-0.1, -0.05) is 6.07 Å². The molecule has 0 aliphatic heterocycles. The summed E-state index contributed by atoms with van der Waals surface area (Å²) in [5, 5.41) is 2.31. The van der Waals surface area contributed by atoms with E-state index in [1.165, 1.54) is 14.2 Å². The van der Waals surface area contributed by atoms with Gasteiger partial charge >= 0.3 is 6.18 Å². The van der Waals surface area contributed by atoms with Gasteiger partial charge in [0.1, 0.15) is 0 Å². The summed E-state index contributed by atoms with van der Waals surface area (Å²) < 4.78 is 45.8. The van der Waals surface area contributed by atoms with E-state index in [4.69, 9.17) is 9.47 Å². The number of benzene rings is 1. The first kappa shape index (κ1) is 13.6. The van der Waals surface area contributed by atoms with Crippen LogP contribution in [0.1, 0.15) is 5.56 Å². The van der Waals surface area contributed by atoms with Gasteiger partial charge in [0.2, 0.25) is 0 Å². The first-order chi connectivity index (χ1) is 7.96. The van der Waals surface area contributed by atoms with Crippen LogP contribution < -0.4 is 14.8 Å². The zero-order valence-electron chi connectivity index (χ0n) is 9.60. The van der Waals surface area contributed by atoms with Gasteiger partial charge in [0.05, 0.1) is 20.8 Å². The predicted octanol–water partition coefficient (Wildman–Crippen LogP) is 2.36. The van der Waals surface area contributed by atoms with Crippen molar-refractivity contribution in [3.63, 3.8) is 0 Å². The molecule has 0 aliphatic rings. The van der Waals surface area contributed by atoms with Crippen molar-refractivity contribution in [2.24, 2.45) is 0 Å². The molecule has 6 heteroatoms. The Kier molecular flexibility index (Phi) is 4.62. The van der Waals surface area contributed by atoms with E-state index in [0.29, 0.717) is 17.1 Å². The van der Waals surface area contributed by atoms with Crippen LogP contribution in [-0.2, 0) is 6.54 Å². The van der Waals surface area contributed by atoms with E-state index in [1.54, 1.807) is 18.2 Å². The number of halogens is 3. The molecule has 1 rings (SSSR count). The molecule has 3 nitrogen and oxygen atoms in total. The number of ether oxygens (including phenoxy) is 2. The molecule has 96 valence electrons. The van der Waals surface area contributed by atoms with Crippen molar-refractivity contribution in [2.45, 2.75) is 12.7 Å². The van der Waals surface area contributed by atoms with Gasteiger partial charge in [0.15, 0.2) is 11.5 Å². The minimum atomic E-state index is -4.20. The van der Waals surface area contributed by atoms with E-state index in [2.05, 4.69) is 5.32 Å². The van der Waals surface area contributed by atoms with E-state index in [-0.39, 0.29) is 6.54 Å². The lowest BCUT2D eigenvalue weighted by molar-refractivity contribution is -0.125. The van der Waals surface area contributed by atoms with E-state index in [1.807, 2.05) is 0 Å². The number of alkyl halides is 3. The molecule has 0 radical (unpaired) electrons. The molecule has 0 amide bonds. The van der Waals surface area contributed by atoms with Crippen LogP contribution in [0.5, 0.6) is 11.5 Å². The summed E-state index contributed by atoms with van der Waals surface area (Å²) in [6.45, 7) is -0.888. The Balaban J connectivity index is 2.60. The summed E-state index contributed by atoms with van der Waals surface area (Å²) in [6.07, 6.45) is -4.20. The van der Waals surface area contributed by atoms with Crippen LogP contribution in [0, 0.1) is 0 Å². The van der Waals surface area contributed by atoms with E-state index >= 15 is 0 Å². The maximum Gasteiger partial charge on any atom is 0.401 e. The molecule has 0 spiro atoms. The van der Waals surface area contributed by atoms with Crippen molar-refractivity contribution in [2.75, 3.05) is 20.8 Å². The van der Waals surface area contributed by atoms with Gasteiger partial charge in [-0.3, -0.25) is 0 Å². The number of methoxy groups -OCH3 is 2. The lowest BCUT2D eigenvalue weighted by atomic mass is 10.2. The van der Waals surface area contributed by atoms with E-state index in [0.717, 1.165) is 0 Å². The van der Waals surface area contributed by atoms with Crippen molar-refractivity contribution in [3.05, 3.63) is 23.8 Å². The van der Waals surface area contributed by atoms with Crippen LogP contribution in [-0.4, -0.2) is 26.9 Å². The third kappa shape index (κ3) is 4.52. The number of rotatable bonds is 5. The van der Waals surface area contributed by atoms with Crippen LogP contribution in [0.15, 0.2) is 18.2 Å². The minimum absolute atomic E-state index is 0.125. The second kappa shape index (κ2) is 5.77. The van der Waals surface area contributed by atoms with Gasteiger partial charge in [-0.05, 0) is 17.7 Å². The van der Waals surface area contributed by atoms with Gasteiger partial charge in [-0.15, -0.1) is 0 Å². The van der Waals surface area contributed by atoms with Gasteiger partial charge in [0.25, 0.3) is 0 Å². The van der Waals surface area contributed by atoms with Crippen molar-refractivity contribution in [3.8, 4) is 11.5 Å². The molecule has 0 atom stereocenters. The standard InChI is InChI=1S/C11H14F3NO2/c1-16-9-4-3-8(5-10(9)17-2)6-15-7-11(12,13)14/h3-5,15H,6-7H2,1-2H3. The number of nitrogens with one attached hydrogen (secondary N) is 1. The van der Waals surface area contributed by atoms with Crippen LogP contribution in [0.25, 0.3) is 0 Å². The SMILES string of the molecule is COc1ccc(CNCC(F)(F)F)cc1OC. The van der Waals surface area contributed by atoms with E-state index in [9.17, 15) is 13.2 Å². The molecular formula is C11H14F3NO2. The summed E-state index contributed by atoms with van der Waals surface area (Å²) in [6, 6.07) is 4.98. The smallest absolute Gasteiger partial charge is 0.401 e. The highest BCUT2D eigenvalue weighted by atomic mass is 19.4. The molecule has 0 unspecified atom stereocenters. The summed E-state index contributed by atoms with van der Waals surface area (Å²) in [7, 11) is 2.98. The van der Waals surface area contributed by atoms with Crippen molar-refractivity contribution >= 4 is 0 Å². The Morgan fingerprint density at radius 1 is 1.12 bits per heavy atom. The van der Waals surface area contributed by atoms with Gasteiger partial charge < -0.3 is 14.8 Å². The van der Waals surface area contributed by atoms with Crippen molar-refractivity contribution in [1.82, 2.24) is 5.32 Å². The molecule has 0 aliphatic carbocycles. The highest BCUT2D eigenvalue weighted by molar-refractivity contribution is 5.42. The van der Waals surface area contributed by atoms with E-state index < -0.39 is 12.7 Å². The Labute approximate surface area is 97.5 Å². The second-order valence-electron chi connectivity index (χ2n) is 3.41. The Bertz CT molecular complexity index is 366. The first-order valence-corrected chi connectivity index (χ1v) is 4.94. The topological polar surface area (TPSA) is 30.5 Å². The summed E-state index contributed by atoms with van der Waals surface area (Å²) in [5.74, 6) is 1.05. The third-order valence-electron chi connectivity index (χ3n) is 2.10. The van der Waals surface area contributed by atoms with Gasteiger partial charge in [-0.25, -0.2) is 0 Å². The zero-order valence-corrected chi connectivity index (χ0v) is 9.60. The summed E-state index contributed by atoms with van der Waals surface area (Å²) >= 11 is 0. The average molecular weight is 249 g/mol. The maximum absolute atomic E-state index is 11.9. The quantitative estimate of drug-likeness (QED) is 0.869. The predicted molar refractivity (Wildman–Crippen MR) is 57.3 cm³/mol. The van der Waals surface area contributed by atoms with Crippen LogP contribution in [0.4, 0.5) is 13.2 Å². The van der Waals surface area contributed by atoms with Crippen molar-refractivity contribution < 1.29 is 22.6 Å². The molecule has 0 heterocycles. The first-order valence-electron chi connectivity index (χ1n) is 4.94. The Hall–Kier alpha value is -1.43. The third-order valence-corrected chi connectivity index (χ3v) is 2.10. The average Bonchev–Trinajstić information content (AvgIpc) is 2.27. The molecule has 0 fully saturated rings. The number of hydrogen-bond donors (Lipinski definition) is 1. The fourth-order valence-electron chi connectivity index (χ4n) is 1.34. The Morgan fingerprint density at radius 3 is 2.29 bits per heavy atom. The Morgan fingerprint density at radius 2 is 1.76 bits per heavy atom. The van der Waals surface area contributed by atoms with Crippen molar-refractivity contribution in [1.29, 1.82) is 0 Å². The van der Waals surface area contributed by atoms with Crippen LogP contribution in [0.3, 0.4) is 0 Å². The highest BCUT2D eigenvalue weighted by Gasteiger charge is 2.26. The lowest BCUT2D eigenvalue weighted by Gasteiger charge is -2.11. The molecule has 17 heavy (non-hydrogen) atoms. The largest absolute Gasteiger partial charge is 0.493 e. The fraction of sp³-hybridized carbons (Fsp3) is 0.455.